The molecule has 0 saturated carbocycles. The number of hydrogen-bond acceptors (Lipinski definition) is 3. The van der Waals surface area contributed by atoms with Crippen molar-refractivity contribution in [2.24, 2.45) is 0 Å². The van der Waals surface area contributed by atoms with E-state index in [4.69, 9.17) is 0 Å². The highest BCUT2D eigenvalue weighted by Crippen LogP contribution is 2.21. The van der Waals surface area contributed by atoms with Crippen LogP contribution >= 0.6 is 0 Å². The van der Waals surface area contributed by atoms with E-state index >= 15 is 0 Å². The van der Waals surface area contributed by atoms with Crippen molar-refractivity contribution in [3.05, 3.63) is 46.0 Å². The van der Waals surface area contributed by atoms with E-state index < -0.39 is 0 Å². The molecule has 4 nitrogen and oxygen atoms in total. The Balaban J connectivity index is 1.86. The fourth-order valence-electron chi connectivity index (χ4n) is 2.06. The van der Waals surface area contributed by atoms with E-state index in [1.54, 1.807) is 12.1 Å². The summed E-state index contributed by atoms with van der Waals surface area (Å²) in [6.07, 6.45) is 7.01. The van der Waals surface area contributed by atoms with Gasteiger partial charge in [-0.15, -0.1) is 0 Å². The van der Waals surface area contributed by atoms with Crippen molar-refractivity contribution < 1.29 is 4.92 Å². The number of anilines is 1. The third kappa shape index (κ3) is 3.31. The Bertz CT molecular complexity index is 441. The van der Waals surface area contributed by atoms with Crippen molar-refractivity contribution >= 4 is 11.4 Å². The van der Waals surface area contributed by atoms with Crippen LogP contribution in [0.1, 0.15) is 25.7 Å². The Hall–Kier alpha value is -1.84. The zero-order chi connectivity index (χ0) is 12.1. The quantitative estimate of drug-likeness (QED) is 0.480. The van der Waals surface area contributed by atoms with Crippen LogP contribution in [0.25, 0.3) is 0 Å². The standard InChI is InChI=1S/C13H16N2O2/c16-15(17)13-7-3-6-12(10-13)14-9-8-11-4-1-2-5-11/h3-4,6-7,10,14H,1-2,5,8-9H2. The molecule has 1 N–H and O–H groups in total. The Labute approximate surface area is 100 Å². The zero-order valence-electron chi connectivity index (χ0n) is 9.69. The molecule has 4 heteroatoms. The van der Waals surface area contributed by atoms with E-state index in [0.717, 1.165) is 18.7 Å². The highest BCUT2D eigenvalue weighted by atomic mass is 16.6. The van der Waals surface area contributed by atoms with Gasteiger partial charge in [-0.2, -0.15) is 0 Å². The van der Waals surface area contributed by atoms with Gasteiger partial charge in [-0.25, -0.2) is 0 Å². The summed E-state index contributed by atoms with van der Waals surface area (Å²) >= 11 is 0. The number of nitrogens with one attached hydrogen (secondary N) is 1. The van der Waals surface area contributed by atoms with E-state index in [0.29, 0.717) is 0 Å². The number of non-ortho nitro benzene ring substituents is 1. The van der Waals surface area contributed by atoms with Gasteiger partial charge in [0.25, 0.3) is 5.69 Å². The Kier molecular flexibility index (Phi) is 3.75. The van der Waals surface area contributed by atoms with Crippen LogP contribution in [-0.2, 0) is 0 Å². The van der Waals surface area contributed by atoms with Gasteiger partial charge in [0.1, 0.15) is 0 Å². The number of nitro groups is 1. The molecule has 90 valence electrons. The molecule has 0 saturated heterocycles. The van der Waals surface area contributed by atoms with Crippen LogP contribution in [0.2, 0.25) is 0 Å². The molecule has 2 rings (SSSR count). The number of nitro benzene ring substituents is 1. The number of benzene rings is 1. The first-order valence-electron chi connectivity index (χ1n) is 5.92. The third-order valence-corrected chi connectivity index (χ3v) is 2.97. The summed E-state index contributed by atoms with van der Waals surface area (Å²) in [5, 5.41) is 13.8. The van der Waals surface area contributed by atoms with Gasteiger partial charge in [-0.1, -0.05) is 17.7 Å². The lowest BCUT2D eigenvalue weighted by Gasteiger charge is -2.06. The summed E-state index contributed by atoms with van der Waals surface area (Å²) in [5.41, 5.74) is 2.45. The van der Waals surface area contributed by atoms with Gasteiger partial charge in [0.05, 0.1) is 4.92 Å². The van der Waals surface area contributed by atoms with Crippen LogP contribution < -0.4 is 5.32 Å². The van der Waals surface area contributed by atoms with Crippen LogP contribution in [0.5, 0.6) is 0 Å². The van der Waals surface area contributed by atoms with Gasteiger partial charge < -0.3 is 5.32 Å². The minimum Gasteiger partial charge on any atom is -0.385 e. The van der Waals surface area contributed by atoms with Gasteiger partial charge in [-0.05, 0) is 31.7 Å². The predicted octanol–water partition coefficient (Wildman–Crippen LogP) is 3.51. The first-order chi connectivity index (χ1) is 8.25. The van der Waals surface area contributed by atoms with Crippen LogP contribution in [0.3, 0.4) is 0 Å². The molecule has 0 spiro atoms. The number of nitrogens with zero attached hydrogens (tertiary/aromatic N) is 1. The molecular formula is C13H16N2O2. The van der Waals surface area contributed by atoms with E-state index in [2.05, 4.69) is 11.4 Å². The van der Waals surface area contributed by atoms with Crippen LogP contribution in [0.4, 0.5) is 11.4 Å². The summed E-state index contributed by atoms with van der Waals surface area (Å²) in [7, 11) is 0. The topological polar surface area (TPSA) is 55.2 Å². The molecule has 17 heavy (non-hydrogen) atoms. The summed E-state index contributed by atoms with van der Waals surface area (Å²) in [5.74, 6) is 0. The van der Waals surface area contributed by atoms with Crippen molar-refractivity contribution in [3.63, 3.8) is 0 Å². The first kappa shape index (κ1) is 11.6. The number of allylic oxidation sites excluding steroid dienone is 1. The minimum absolute atomic E-state index is 0.134. The summed E-state index contributed by atoms with van der Waals surface area (Å²) in [4.78, 5) is 10.2. The van der Waals surface area contributed by atoms with Crippen LogP contribution in [0.15, 0.2) is 35.9 Å². The normalized spacial score (nSPS) is 14.5. The molecule has 0 aromatic heterocycles. The second-order valence-electron chi connectivity index (χ2n) is 4.24. The second kappa shape index (κ2) is 5.48. The number of hydrogen-bond donors (Lipinski definition) is 1. The lowest BCUT2D eigenvalue weighted by Crippen LogP contribution is -2.02. The third-order valence-electron chi connectivity index (χ3n) is 2.97. The lowest BCUT2D eigenvalue weighted by molar-refractivity contribution is -0.384. The summed E-state index contributed by atoms with van der Waals surface area (Å²) in [6.45, 7) is 0.840. The molecule has 0 unspecified atom stereocenters. The molecule has 1 aromatic carbocycles. The fourth-order valence-corrected chi connectivity index (χ4v) is 2.06. The van der Waals surface area contributed by atoms with E-state index in [1.165, 1.54) is 30.9 Å². The van der Waals surface area contributed by atoms with Gasteiger partial charge >= 0.3 is 0 Å². The molecule has 0 amide bonds. The van der Waals surface area contributed by atoms with E-state index in [9.17, 15) is 10.1 Å². The van der Waals surface area contributed by atoms with Crippen molar-refractivity contribution in [3.8, 4) is 0 Å². The molecule has 0 radical (unpaired) electrons. The average molecular weight is 232 g/mol. The Morgan fingerprint density at radius 2 is 2.29 bits per heavy atom. The molecule has 1 aromatic rings. The SMILES string of the molecule is O=[N+]([O-])c1cccc(NCCC2=CCCC2)c1. The predicted molar refractivity (Wildman–Crippen MR) is 68.1 cm³/mol. The summed E-state index contributed by atoms with van der Waals surface area (Å²) < 4.78 is 0. The van der Waals surface area contributed by atoms with Crippen molar-refractivity contribution in [1.82, 2.24) is 0 Å². The lowest BCUT2D eigenvalue weighted by atomic mass is 10.1. The highest BCUT2D eigenvalue weighted by Gasteiger charge is 2.06. The average Bonchev–Trinajstić information content (AvgIpc) is 2.82. The fraction of sp³-hybridized carbons (Fsp3) is 0.385. The first-order valence-corrected chi connectivity index (χ1v) is 5.92. The molecule has 0 fully saturated rings. The molecule has 0 bridgehead atoms. The minimum atomic E-state index is -0.370. The second-order valence-corrected chi connectivity index (χ2v) is 4.24. The van der Waals surface area contributed by atoms with Gasteiger partial charge in [0, 0.05) is 24.4 Å². The van der Waals surface area contributed by atoms with Crippen molar-refractivity contribution in [2.75, 3.05) is 11.9 Å². The maximum atomic E-state index is 10.6. The smallest absolute Gasteiger partial charge is 0.271 e. The van der Waals surface area contributed by atoms with E-state index in [-0.39, 0.29) is 10.6 Å². The maximum absolute atomic E-state index is 10.6. The van der Waals surface area contributed by atoms with Crippen LogP contribution in [0, 0.1) is 10.1 Å². The Morgan fingerprint density at radius 3 is 3.00 bits per heavy atom. The van der Waals surface area contributed by atoms with Crippen molar-refractivity contribution in [1.29, 1.82) is 0 Å². The van der Waals surface area contributed by atoms with Crippen LogP contribution in [-0.4, -0.2) is 11.5 Å². The summed E-state index contributed by atoms with van der Waals surface area (Å²) in [6, 6.07) is 6.64. The molecule has 0 heterocycles. The van der Waals surface area contributed by atoms with E-state index in [1.807, 2.05) is 6.07 Å². The zero-order valence-corrected chi connectivity index (χ0v) is 9.69. The molecule has 0 aliphatic heterocycles. The monoisotopic (exact) mass is 232 g/mol. The molecular weight excluding hydrogens is 216 g/mol. The highest BCUT2D eigenvalue weighted by molar-refractivity contribution is 5.50. The molecule has 0 atom stereocenters. The van der Waals surface area contributed by atoms with Gasteiger partial charge in [0.2, 0.25) is 0 Å². The Morgan fingerprint density at radius 1 is 1.41 bits per heavy atom. The van der Waals surface area contributed by atoms with Crippen molar-refractivity contribution in [2.45, 2.75) is 25.7 Å². The van der Waals surface area contributed by atoms with Gasteiger partial charge in [0.15, 0.2) is 0 Å². The maximum Gasteiger partial charge on any atom is 0.271 e. The largest absolute Gasteiger partial charge is 0.385 e. The molecule has 1 aliphatic rings. The van der Waals surface area contributed by atoms with Gasteiger partial charge in [-0.3, -0.25) is 10.1 Å². The molecule has 1 aliphatic carbocycles. The number of rotatable bonds is 5.